The number of hydrogen-bond acceptors (Lipinski definition) is 4. The van der Waals surface area contributed by atoms with E-state index in [1.54, 1.807) is 0 Å². The molecule has 4 nitrogen and oxygen atoms in total. The third-order valence-corrected chi connectivity index (χ3v) is 0.463. The molecule has 0 heterocycles. The quantitative estimate of drug-likeness (QED) is 0.487. The van der Waals surface area contributed by atoms with Crippen molar-refractivity contribution in [3.63, 3.8) is 0 Å². The van der Waals surface area contributed by atoms with E-state index in [1.165, 1.54) is 0 Å². The van der Waals surface area contributed by atoms with Gasteiger partial charge < -0.3 is 19.8 Å². The fraction of sp³-hybridized carbons (Fsp3) is 0.500. The second kappa shape index (κ2) is 7.18. The van der Waals surface area contributed by atoms with Crippen LogP contribution in [0.25, 0.3) is 0 Å². The Hall–Kier alpha value is -0.142. The maximum atomic E-state index is 10.5. The van der Waals surface area contributed by atoms with Gasteiger partial charge in [-0.3, -0.25) is 0 Å². The van der Waals surface area contributed by atoms with Crippen LogP contribution in [0.2, 0.25) is 0 Å². The van der Waals surface area contributed by atoms with E-state index < -0.39 is 24.3 Å². The zero-order chi connectivity index (χ0) is 12.2. The van der Waals surface area contributed by atoms with Crippen LogP contribution in [0.4, 0.5) is 26.3 Å². The van der Waals surface area contributed by atoms with Crippen molar-refractivity contribution < 1.29 is 86.5 Å². The molecule has 0 aromatic heterocycles. The minimum absolute atomic E-state index is 0. The van der Waals surface area contributed by atoms with Crippen LogP contribution in [0.1, 0.15) is 0 Å². The van der Waals surface area contributed by atoms with Gasteiger partial charge in [0.2, 0.25) is 0 Å². The van der Waals surface area contributed by atoms with Crippen molar-refractivity contribution in [2.45, 2.75) is 12.4 Å². The van der Waals surface area contributed by atoms with Gasteiger partial charge in [0.05, 0.1) is 0 Å². The van der Waals surface area contributed by atoms with Crippen LogP contribution in [0.5, 0.6) is 0 Å². The Balaban J connectivity index is -0.000000180. The molecule has 0 rings (SSSR count). The summed E-state index contributed by atoms with van der Waals surface area (Å²) < 4.78 is 63.1. The molecule has 0 saturated heterocycles. The van der Waals surface area contributed by atoms with Crippen LogP contribution < -0.4 is 10.2 Å². The minimum atomic E-state index is -5.19. The summed E-state index contributed by atoms with van der Waals surface area (Å²) in [5.74, 6) is -6.01. The monoisotopic (exact) mass is 378 g/mol. The smallest absolute Gasteiger partial charge is 0.430 e. The molecule has 15 heavy (non-hydrogen) atoms. The van der Waals surface area contributed by atoms with Gasteiger partial charge >= 0.3 is 12.4 Å². The molecule has 0 spiro atoms. The third-order valence-electron chi connectivity index (χ3n) is 0.463. The first-order valence-electron chi connectivity index (χ1n) is 2.45. The Kier molecular flexibility index (Phi) is 9.72. The second-order valence-electron chi connectivity index (χ2n) is 1.57. The summed E-state index contributed by atoms with van der Waals surface area (Å²) in [7, 11) is 0. The molecule has 0 radical (unpaired) electrons. The molecule has 0 saturated carbocycles. The number of carbonyl (C=O) groups is 2. The zero-order valence-corrected chi connectivity index (χ0v) is 8.93. The van der Waals surface area contributed by atoms with Gasteiger partial charge in [0.25, 0.3) is 0 Å². The molecule has 0 atom stereocenters. The number of hydrogen-bond donors (Lipinski definition) is 0. The van der Waals surface area contributed by atoms with Gasteiger partial charge in [0.15, 0.2) is 0 Å². The van der Waals surface area contributed by atoms with E-state index in [-0.39, 0.29) is 40.4 Å². The van der Waals surface area contributed by atoms with Crippen LogP contribution in [0.3, 0.4) is 0 Å². The number of rotatable bonds is 0. The van der Waals surface area contributed by atoms with Gasteiger partial charge in [-0.2, -0.15) is 26.3 Å². The van der Waals surface area contributed by atoms with Gasteiger partial charge in [-0.15, -0.1) is 0 Å². The molecule has 90 valence electrons. The standard InChI is InChI=1S/2C2HF3O2.Sm/c2*3-2(4,5)1(6)7;/h2*(H,6,7);/p-2. The zero-order valence-electron chi connectivity index (χ0n) is 6.31. The van der Waals surface area contributed by atoms with Crippen molar-refractivity contribution in [1.29, 1.82) is 0 Å². The van der Waals surface area contributed by atoms with Crippen LogP contribution >= 0.6 is 0 Å². The van der Waals surface area contributed by atoms with Crippen molar-refractivity contribution in [3.05, 3.63) is 0 Å². The summed E-state index contributed by atoms with van der Waals surface area (Å²) in [6, 6.07) is 0. The van der Waals surface area contributed by atoms with E-state index in [1.807, 2.05) is 0 Å². The van der Waals surface area contributed by atoms with Gasteiger partial charge in [-0.1, -0.05) is 0 Å². The average Bonchev–Trinajstić information content (AvgIpc) is 1.83. The predicted molar refractivity (Wildman–Crippen MR) is 22.1 cm³/mol. The number of aliphatic carboxylic acids is 2. The van der Waals surface area contributed by atoms with Gasteiger partial charge in [-0.05, 0) is 0 Å². The third kappa shape index (κ3) is 13.9. The Morgan fingerprint density at radius 1 is 0.733 bits per heavy atom. The molecule has 0 aliphatic carbocycles. The van der Waals surface area contributed by atoms with E-state index in [2.05, 4.69) is 0 Å². The first-order chi connectivity index (χ1) is 5.89. The van der Waals surface area contributed by atoms with E-state index >= 15 is 0 Å². The molecule has 0 unspecified atom stereocenters. The minimum Gasteiger partial charge on any atom is -0.542 e. The molecule has 0 aromatic carbocycles. The Morgan fingerprint density at radius 2 is 0.800 bits per heavy atom. The molecule has 0 aliphatic rings. The molecule has 11 heteroatoms. The summed E-state index contributed by atoms with van der Waals surface area (Å²) in [4.78, 5) is 17.6. The topological polar surface area (TPSA) is 80.3 Å². The number of carboxylic acids is 2. The normalized spacial score (nSPS) is 10.5. The first kappa shape index (κ1) is 20.3. The SMILES string of the molecule is O=C([O-])C(F)(F)F.O=C([O-])C(F)(F)F.[Sm]. The molecule has 0 aliphatic heterocycles. The molecule has 0 aromatic rings. The molecule has 0 amide bonds. The molecule has 0 N–H and O–H groups in total. The average molecular weight is 376 g/mol. The predicted octanol–water partition coefficient (Wildman–Crippen LogP) is -1.40. The maximum absolute atomic E-state index is 10.5. The maximum Gasteiger partial charge on any atom is 0.430 e. The van der Waals surface area contributed by atoms with Crippen molar-refractivity contribution >= 4 is 11.9 Å². The van der Waals surface area contributed by atoms with Gasteiger partial charge in [0.1, 0.15) is 11.9 Å². The molecular weight excluding hydrogens is 376 g/mol. The number of alkyl halides is 6. The molecule has 0 bridgehead atoms. The van der Waals surface area contributed by atoms with E-state index in [9.17, 15) is 26.3 Å². The van der Waals surface area contributed by atoms with Crippen LogP contribution in [0.15, 0.2) is 0 Å². The van der Waals surface area contributed by atoms with Crippen LogP contribution in [-0.2, 0) is 9.59 Å². The summed E-state index contributed by atoms with van der Waals surface area (Å²) in [5, 5.41) is 17.6. The summed E-state index contributed by atoms with van der Waals surface area (Å²) in [6.45, 7) is 0. The Bertz CT molecular complexity index is 196. The fourth-order valence-corrected chi connectivity index (χ4v) is 0. The van der Waals surface area contributed by atoms with E-state index in [0.29, 0.717) is 0 Å². The number of carboxylic acid groups (broad SMARTS) is 2. The van der Waals surface area contributed by atoms with Crippen molar-refractivity contribution in [1.82, 2.24) is 0 Å². The van der Waals surface area contributed by atoms with Crippen LogP contribution in [-0.4, -0.2) is 24.3 Å². The largest absolute Gasteiger partial charge is 0.542 e. The summed E-state index contributed by atoms with van der Waals surface area (Å²) in [6.07, 6.45) is -10.4. The summed E-state index contributed by atoms with van der Waals surface area (Å²) in [5.41, 5.74) is 0. The second-order valence-corrected chi connectivity index (χ2v) is 1.57. The number of carbonyl (C=O) groups excluding carboxylic acids is 2. The molecular formula is C4F6O4Sm-2. The van der Waals surface area contributed by atoms with Crippen molar-refractivity contribution in [2.75, 3.05) is 0 Å². The van der Waals surface area contributed by atoms with Gasteiger partial charge in [0, 0.05) is 40.4 Å². The summed E-state index contributed by atoms with van der Waals surface area (Å²) >= 11 is 0. The fourth-order valence-electron chi connectivity index (χ4n) is 0. The van der Waals surface area contributed by atoms with Gasteiger partial charge in [-0.25, -0.2) is 0 Å². The Morgan fingerprint density at radius 3 is 0.800 bits per heavy atom. The van der Waals surface area contributed by atoms with Crippen LogP contribution in [0, 0.1) is 40.4 Å². The van der Waals surface area contributed by atoms with E-state index in [0.717, 1.165) is 0 Å². The number of halogens is 6. The van der Waals surface area contributed by atoms with Crippen molar-refractivity contribution in [2.24, 2.45) is 0 Å². The van der Waals surface area contributed by atoms with Crippen molar-refractivity contribution in [3.8, 4) is 0 Å². The Labute approximate surface area is 110 Å². The molecule has 0 fully saturated rings. The first-order valence-corrected chi connectivity index (χ1v) is 2.45. The van der Waals surface area contributed by atoms with E-state index in [4.69, 9.17) is 19.8 Å².